The van der Waals surface area contributed by atoms with Crippen molar-refractivity contribution < 1.29 is 22.7 Å². The average Bonchev–Trinajstić information content (AvgIpc) is 2.61. The van der Waals surface area contributed by atoms with Gasteiger partial charge in [0.1, 0.15) is 6.61 Å². The molecule has 0 aliphatic carbocycles. The van der Waals surface area contributed by atoms with Gasteiger partial charge in [0, 0.05) is 18.7 Å². The summed E-state index contributed by atoms with van der Waals surface area (Å²) in [6, 6.07) is 12.5. The first kappa shape index (κ1) is 19.4. The maximum Gasteiger partial charge on any atom is 0.338 e. The lowest BCUT2D eigenvalue weighted by molar-refractivity contribution is 0.0472. The highest BCUT2D eigenvalue weighted by Gasteiger charge is 2.15. The number of nitrogens with one attached hydrogen (secondary N) is 1. The van der Waals surface area contributed by atoms with Crippen LogP contribution in [0.1, 0.15) is 15.9 Å². The van der Waals surface area contributed by atoms with Crippen molar-refractivity contribution in [1.29, 1.82) is 0 Å². The van der Waals surface area contributed by atoms with Crippen molar-refractivity contribution in [3.8, 4) is 0 Å². The van der Waals surface area contributed by atoms with Gasteiger partial charge < -0.3 is 9.47 Å². The number of ether oxygens (including phenoxy) is 2. The van der Waals surface area contributed by atoms with Crippen LogP contribution >= 0.6 is 11.6 Å². The molecule has 2 rings (SSSR count). The summed E-state index contributed by atoms with van der Waals surface area (Å²) in [4.78, 5) is 12.1. The normalized spacial score (nSPS) is 11.3. The molecule has 2 aromatic rings. The molecule has 0 unspecified atom stereocenters. The van der Waals surface area contributed by atoms with Crippen LogP contribution < -0.4 is 4.72 Å². The molecule has 0 heterocycles. The van der Waals surface area contributed by atoms with Crippen molar-refractivity contribution in [3.05, 3.63) is 64.7 Å². The average molecular weight is 384 g/mol. The summed E-state index contributed by atoms with van der Waals surface area (Å²) in [5.41, 5.74) is 1.07. The van der Waals surface area contributed by atoms with Crippen molar-refractivity contribution in [2.75, 3.05) is 20.3 Å². The summed E-state index contributed by atoms with van der Waals surface area (Å²) < 4.78 is 36.5. The number of hydrogen-bond donors (Lipinski definition) is 1. The smallest absolute Gasteiger partial charge is 0.338 e. The number of esters is 1. The van der Waals surface area contributed by atoms with Crippen molar-refractivity contribution >= 4 is 27.6 Å². The quantitative estimate of drug-likeness (QED) is 0.559. The van der Waals surface area contributed by atoms with Crippen molar-refractivity contribution in [2.45, 2.75) is 11.5 Å². The van der Waals surface area contributed by atoms with E-state index in [-0.39, 0.29) is 30.2 Å². The molecule has 0 atom stereocenters. The van der Waals surface area contributed by atoms with Crippen LogP contribution in [0.25, 0.3) is 0 Å². The Balaban J connectivity index is 1.96. The second-order valence-electron chi connectivity index (χ2n) is 5.12. The number of methoxy groups -OCH3 is 1. The van der Waals surface area contributed by atoms with E-state index in [0.717, 1.165) is 5.56 Å². The molecular weight excluding hydrogens is 366 g/mol. The molecule has 0 fully saturated rings. The molecule has 6 nitrogen and oxygen atoms in total. The van der Waals surface area contributed by atoms with Gasteiger partial charge in [-0.25, -0.2) is 17.9 Å². The topological polar surface area (TPSA) is 81.7 Å². The highest BCUT2D eigenvalue weighted by atomic mass is 35.5. The number of benzene rings is 2. The third-order valence-electron chi connectivity index (χ3n) is 3.28. The molecule has 25 heavy (non-hydrogen) atoms. The van der Waals surface area contributed by atoms with Gasteiger partial charge in [0.15, 0.2) is 0 Å². The summed E-state index contributed by atoms with van der Waals surface area (Å²) in [5.74, 6) is -0.536. The molecule has 134 valence electrons. The van der Waals surface area contributed by atoms with Crippen LogP contribution in [0, 0.1) is 0 Å². The molecule has 2 aromatic carbocycles. The Bertz CT molecular complexity index is 804. The van der Waals surface area contributed by atoms with E-state index in [1.54, 1.807) is 24.3 Å². The minimum atomic E-state index is -3.63. The lowest BCUT2D eigenvalue weighted by atomic mass is 10.2. The molecule has 0 amide bonds. The third-order valence-corrected chi connectivity index (χ3v) is 5.01. The summed E-state index contributed by atoms with van der Waals surface area (Å²) in [7, 11) is -2.14. The molecule has 0 aromatic heterocycles. The molecule has 0 saturated heterocycles. The monoisotopic (exact) mass is 383 g/mol. The highest BCUT2D eigenvalue weighted by molar-refractivity contribution is 7.89. The summed E-state index contributed by atoms with van der Waals surface area (Å²) in [6.45, 7) is 0.548. The second kappa shape index (κ2) is 8.96. The van der Waals surface area contributed by atoms with E-state index in [2.05, 4.69) is 4.72 Å². The van der Waals surface area contributed by atoms with Gasteiger partial charge in [-0.05, 0) is 42.0 Å². The van der Waals surface area contributed by atoms with E-state index >= 15 is 0 Å². The number of carbonyl (C=O) groups is 1. The van der Waals surface area contributed by atoms with Crippen LogP contribution in [0.15, 0.2) is 53.4 Å². The van der Waals surface area contributed by atoms with E-state index in [1.165, 1.54) is 31.4 Å². The maximum absolute atomic E-state index is 12.0. The molecule has 8 heteroatoms. The van der Waals surface area contributed by atoms with E-state index in [9.17, 15) is 13.2 Å². The predicted octanol–water partition coefficient (Wildman–Crippen LogP) is 2.62. The van der Waals surface area contributed by atoms with Crippen LogP contribution in [0.3, 0.4) is 0 Å². The lowest BCUT2D eigenvalue weighted by Crippen LogP contribution is -2.27. The molecule has 0 spiro atoms. The standard InChI is InChI=1S/C17H18ClNO5S/c1-23-11-10-19-25(21,22)16-8-4-14(5-9-16)17(20)24-12-13-2-6-15(18)7-3-13/h2-9,19H,10-12H2,1H3. The van der Waals surface area contributed by atoms with Gasteiger partial charge in [-0.1, -0.05) is 23.7 Å². The van der Waals surface area contributed by atoms with E-state index in [1.807, 2.05) is 0 Å². The van der Waals surface area contributed by atoms with Gasteiger partial charge in [0.25, 0.3) is 0 Å². The fourth-order valence-corrected chi connectivity index (χ4v) is 3.08. The number of carbonyl (C=O) groups excluding carboxylic acids is 1. The van der Waals surface area contributed by atoms with Crippen molar-refractivity contribution in [1.82, 2.24) is 4.72 Å². The molecule has 1 N–H and O–H groups in total. The zero-order valence-corrected chi connectivity index (χ0v) is 15.1. The van der Waals surface area contributed by atoms with Crippen LogP contribution in [0.4, 0.5) is 0 Å². The number of hydrogen-bond acceptors (Lipinski definition) is 5. The Kier molecular flexibility index (Phi) is 6.95. The summed E-state index contributed by atoms with van der Waals surface area (Å²) >= 11 is 5.79. The largest absolute Gasteiger partial charge is 0.457 e. The number of rotatable bonds is 8. The van der Waals surface area contributed by atoms with Gasteiger partial charge in [-0.15, -0.1) is 0 Å². The Labute approximate surface area is 151 Å². The van der Waals surface area contributed by atoms with Gasteiger partial charge >= 0.3 is 5.97 Å². The van der Waals surface area contributed by atoms with Crippen molar-refractivity contribution in [2.24, 2.45) is 0 Å². The Morgan fingerprint density at radius 1 is 1.08 bits per heavy atom. The van der Waals surface area contributed by atoms with E-state index in [0.29, 0.717) is 5.02 Å². The SMILES string of the molecule is COCCNS(=O)(=O)c1ccc(C(=O)OCc2ccc(Cl)cc2)cc1. The maximum atomic E-state index is 12.0. The first-order valence-corrected chi connectivity index (χ1v) is 9.29. The molecular formula is C17H18ClNO5S. The Morgan fingerprint density at radius 2 is 1.72 bits per heavy atom. The molecule has 0 bridgehead atoms. The molecule has 0 radical (unpaired) electrons. The minimum absolute atomic E-state index is 0.0675. The first-order valence-electron chi connectivity index (χ1n) is 7.42. The Morgan fingerprint density at radius 3 is 2.32 bits per heavy atom. The highest BCUT2D eigenvalue weighted by Crippen LogP contribution is 2.13. The van der Waals surface area contributed by atoms with Crippen LogP contribution in [-0.2, 0) is 26.1 Å². The predicted molar refractivity (Wildman–Crippen MR) is 94.1 cm³/mol. The van der Waals surface area contributed by atoms with Crippen LogP contribution in [-0.4, -0.2) is 34.6 Å². The summed E-state index contributed by atoms with van der Waals surface area (Å²) in [5, 5.41) is 0.603. The third kappa shape index (κ3) is 5.82. The van der Waals surface area contributed by atoms with E-state index in [4.69, 9.17) is 21.1 Å². The van der Waals surface area contributed by atoms with E-state index < -0.39 is 16.0 Å². The van der Waals surface area contributed by atoms with Crippen molar-refractivity contribution in [3.63, 3.8) is 0 Å². The lowest BCUT2D eigenvalue weighted by Gasteiger charge is -2.08. The Hall–Kier alpha value is -1.93. The van der Waals surface area contributed by atoms with Crippen LogP contribution in [0.5, 0.6) is 0 Å². The van der Waals surface area contributed by atoms with Gasteiger partial charge in [-0.2, -0.15) is 0 Å². The summed E-state index contributed by atoms with van der Waals surface area (Å²) in [6.07, 6.45) is 0. The van der Waals surface area contributed by atoms with Gasteiger partial charge in [0.05, 0.1) is 17.1 Å². The molecule has 0 aliphatic rings. The zero-order valence-electron chi connectivity index (χ0n) is 13.6. The second-order valence-corrected chi connectivity index (χ2v) is 7.32. The van der Waals surface area contributed by atoms with Gasteiger partial charge in [-0.3, -0.25) is 0 Å². The van der Waals surface area contributed by atoms with Crippen LogP contribution in [0.2, 0.25) is 5.02 Å². The molecule has 0 saturated carbocycles. The van der Waals surface area contributed by atoms with Gasteiger partial charge in [0.2, 0.25) is 10.0 Å². The minimum Gasteiger partial charge on any atom is -0.457 e. The fourth-order valence-electron chi connectivity index (χ4n) is 1.94. The fraction of sp³-hybridized carbons (Fsp3) is 0.235. The number of sulfonamides is 1. The number of halogens is 1. The zero-order chi connectivity index (χ0) is 18.3. The molecule has 0 aliphatic heterocycles. The first-order chi connectivity index (χ1) is 11.9.